The number of nitrogens with zero attached hydrogens (tertiary/aromatic N) is 1. The molecule has 0 saturated carbocycles. The van der Waals surface area contributed by atoms with E-state index in [2.05, 4.69) is 19.2 Å². The Balaban J connectivity index is 2.53. The van der Waals surface area contributed by atoms with Crippen molar-refractivity contribution in [1.29, 1.82) is 0 Å². The lowest BCUT2D eigenvalue weighted by atomic mass is 10.1. The van der Waals surface area contributed by atoms with E-state index < -0.39 is 0 Å². The SMILES string of the molecule is CCC(CC)N(CCO)CC(=O)NC(C)c1ccco1. The lowest BCUT2D eigenvalue weighted by Crippen LogP contribution is -2.44. The van der Waals surface area contributed by atoms with Gasteiger partial charge >= 0.3 is 0 Å². The van der Waals surface area contributed by atoms with Crippen molar-refractivity contribution in [3.05, 3.63) is 24.2 Å². The van der Waals surface area contributed by atoms with Gasteiger partial charge in [0, 0.05) is 12.6 Å². The monoisotopic (exact) mass is 282 g/mol. The predicted octanol–water partition coefficient (Wildman–Crippen LogP) is 1.94. The number of furan rings is 1. The molecule has 0 bridgehead atoms. The van der Waals surface area contributed by atoms with Crippen molar-refractivity contribution in [2.45, 2.75) is 45.7 Å². The zero-order valence-corrected chi connectivity index (χ0v) is 12.6. The Labute approximate surface area is 121 Å². The molecular formula is C15H26N2O3. The van der Waals surface area contributed by atoms with Crippen molar-refractivity contribution >= 4 is 5.91 Å². The van der Waals surface area contributed by atoms with E-state index in [0.29, 0.717) is 19.1 Å². The first-order valence-corrected chi connectivity index (χ1v) is 7.30. The summed E-state index contributed by atoms with van der Waals surface area (Å²) in [6.45, 7) is 6.98. The summed E-state index contributed by atoms with van der Waals surface area (Å²) in [4.78, 5) is 14.1. The van der Waals surface area contributed by atoms with Gasteiger partial charge < -0.3 is 14.8 Å². The second-order valence-corrected chi connectivity index (χ2v) is 4.97. The van der Waals surface area contributed by atoms with Gasteiger partial charge in [-0.25, -0.2) is 0 Å². The third kappa shape index (κ3) is 4.98. The second-order valence-electron chi connectivity index (χ2n) is 4.97. The van der Waals surface area contributed by atoms with Crippen LogP contribution in [0.2, 0.25) is 0 Å². The first-order valence-electron chi connectivity index (χ1n) is 7.30. The molecule has 2 N–H and O–H groups in total. The van der Waals surface area contributed by atoms with Gasteiger partial charge in [0.25, 0.3) is 0 Å². The van der Waals surface area contributed by atoms with Crippen LogP contribution >= 0.6 is 0 Å². The average molecular weight is 282 g/mol. The maximum Gasteiger partial charge on any atom is 0.234 e. The Bertz CT molecular complexity index is 374. The van der Waals surface area contributed by atoms with Crippen LogP contribution in [0.5, 0.6) is 0 Å². The molecule has 1 aromatic rings. The molecule has 1 rings (SSSR count). The van der Waals surface area contributed by atoms with Crippen LogP contribution in [0.1, 0.15) is 45.4 Å². The van der Waals surface area contributed by atoms with Crippen LogP contribution < -0.4 is 5.32 Å². The Morgan fingerprint density at radius 1 is 1.45 bits per heavy atom. The highest BCUT2D eigenvalue weighted by atomic mass is 16.3. The lowest BCUT2D eigenvalue weighted by Gasteiger charge is -2.29. The predicted molar refractivity (Wildman–Crippen MR) is 78.3 cm³/mol. The summed E-state index contributed by atoms with van der Waals surface area (Å²) >= 11 is 0. The number of carbonyl (C=O) groups excluding carboxylic acids is 1. The molecule has 0 aliphatic rings. The Morgan fingerprint density at radius 2 is 2.15 bits per heavy atom. The molecule has 0 fully saturated rings. The van der Waals surface area contributed by atoms with Gasteiger partial charge in [0.1, 0.15) is 5.76 Å². The van der Waals surface area contributed by atoms with Gasteiger partial charge in [0.05, 0.1) is 25.5 Å². The molecule has 0 saturated heterocycles. The summed E-state index contributed by atoms with van der Waals surface area (Å²) in [6, 6.07) is 3.83. The topological polar surface area (TPSA) is 65.7 Å². The number of rotatable bonds is 9. The molecule has 1 aromatic heterocycles. The average Bonchev–Trinajstić information content (AvgIpc) is 2.94. The van der Waals surface area contributed by atoms with E-state index in [1.54, 1.807) is 12.3 Å². The molecule has 1 atom stereocenters. The third-order valence-corrected chi connectivity index (χ3v) is 3.54. The maximum atomic E-state index is 12.1. The summed E-state index contributed by atoms with van der Waals surface area (Å²) < 4.78 is 5.27. The van der Waals surface area contributed by atoms with Crippen molar-refractivity contribution in [3.8, 4) is 0 Å². The molecule has 1 heterocycles. The van der Waals surface area contributed by atoms with Crippen LogP contribution in [-0.2, 0) is 4.79 Å². The number of aliphatic hydroxyl groups is 1. The number of nitrogens with one attached hydrogen (secondary N) is 1. The quantitative estimate of drug-likeness (QED) is 0.726. The molecule has 0 aliphatic carbocycles. The summed E-state index contributed by atoms with van der Waals surface area (Å²) in [7, 11) is 0. The number of hydrogen-bond donors (Lipinski definition) is 2. The van der Waals surface area contributed by atoms with E-state index in [1.807, 2.05) is 17.9 Å². The van der Waals surface area contributed by atoms with E-state index in [4.69, 9.17) is 9.52 Å². The first-order chi connectivity index (χ1) is 9.62. The Morgan fingerprint density at radius 3 is 2.65 bits per heavy atom. The van der Waals surface area contributed by atoms with Gasteiger partial charge in [0.2, 0.25) is 5.91 Å². The van der Waals surface area contributed by atoms with Gasteiger partial charge in [-0.05, 0) is 31.9 Å². The van der Waals surface area contributed by atoms with Crippen LogP contribution in [0.15, 0.2) is 22.8 Å². The lowest BCUT2D eigenvalue weighted by molar-refractivity contribution is -0.123. The largest absolute Gasteiger partial charge is 0.467 e. The summed E-state index contributed by atoms with van der Waals surface area (Å²) in [5, 5.41) is 12.1. The molecule has 0 radical (unpaired) electrons. The number of hydrogen-bond acceptors (Lipinski definition) is 4. The molecule has 0 spiro atoms. The highest BCUT2D eigenvalue weighted by molar-refractivity contribution is 5.78. The molecular weight excluding hydrogens is 256 g/mol. The Hall–Kier alpha value is -1.33. The summed E-state index contributed by atoms with van der Waals surface area (Å²) in [5.41, 5.74) is 0. The van der Waals surface area contributed by atoms with Crippen molar-refractivity contribution in [2.75, 3.05) is 19.7 Å². The van der Waals surface area contributed by atoms with Crippen LogP contribution in [0.4, 0.5) is 0 Å². The van der Waals surface area contributed by atoms with E-state index >= 15 is 0 Å². The number of aliphatic hydroxyl groups excluding tert-OH is 1. The molecule has 5 heteroatoms. The molecule has 20 heavy (non-hydrogen) atoms. The van der Waals surface area contributed by atoms with Gasteiger partial charge in [-0.3, -0.25) is 9.69 Å². The van der Waals surface area contributed by atoms with Crippen LogP contribution in [0.3, 0.4) is 0 Å². The van der Waals surface area contributed by atoms with Gasteiger partial charge in [-0.1, -0.05) is 13.8 Å². The van der Waals surface area contributed by atoms with E-state index in [1.165, 1.54) is 0 Å². The molecule has 1 amide bonds. The van der Waals surface area contributed by atoms with Gasteiger partial charge in [0.15, 0.2) is 0 Å². The van der Waals surface area contributed by atoms with Crippen molar-refractivity contribution in [3.63, 3.8) is 0 Å². The molecule has 0 aliphatic heterocycles. The van der Waals surface area contributed by atoms with Gasteiger partial charge in [-0.15, -0.1) is 0 Å². The zero-order valence-electron chi connectivity index (χ0n) is 12.6. The standard InChI is InChI=1S/C15H26N2O3/c1-4-13(5-2)17(8-9-18)11-15(19)16-12(3)14-7-6-10-20-14/h6-7,10,12-13,18H,4-5,8-9,11H2,1-3H3,(H,16,19). The van der Waals surface area contributed by atoms with Crippen LogP contribution in [0.25, 0.3) is 0 Å². The fourth-order valence-electron chi connectivity index (χ4n) is 2.40. The van der Waals surface area contributed by atoms with E-state index in [-0.39, 0.29) is 18.6 Å². The highest BCUT2D eigenvalue weighted by Gasteiger charge is 2.19. The fraction of sp³-hybridized carbons (Fsp3) is 0.667. The minimum atomic E-state index is -0.143. The normalized spacial score (nSPS) is 12.9. The highest BCUT2D eigenvalue weighted by Crippen LogP contribution is 2.13. The van der Waals surface area contributed by atoms with Crippen molar-refractivity contribution in [2.24, 2.45) is 0 Å². The molecule has 1 unspecified atom stereocenters. The van der Waals surface area contributed by atoms with Crippen molar-refractivity contribution < 1.29 is 14.3 Å². The third-order valence-electron chi connectivity index (χ3n) is 3.54. The Kier molecular flexibility index (Phi) is 7.33. The van der Waals surface area contributed by atoms with Gasteiger partial charge in [-0.2, -0.15) is 0 Å². The minimum absolute atomic E-state index is 0.0470. The summed E-state index contributed by atoms with van der Waals surface area (Å²) in [5.74, 6) is 0.698. The van der Waals surface area contributed by atoms with Crippen LogP contribution in [0, 0.1) is 0 Å². The smallest absolute Gasteiger partial charge is 0.234 e. The summed E-state index contributed by atoms with van der Waals surface area (Å²) in [6.07, 6.45) is 3.54. The number of carbonyl (C=O) groups is 1. The van der Waals surface area contributed by atoms with E-state index in [0.717, 1.165) is 18.6 Å². The van der Waals surface area contributed by atoms with Crippen molar-refractivity contribution in [1.82, 2.24) is 10.2 Å². The maximum absolute atomic E-state index is 12.1. The first kappa shape index (κ1) is 16.7. The minimum Gasteiger partial charge on any atom is -0.467 e. The second kappa shape index (κ2) is 8.76. The number of amides is 1. The van der Waals surface area contributed by atoms with Crippen LogP contribution in [-0.4, -0.2) is 41.7 Å². The zero-order chi connectivity index (χ0) is 15.0. The van der Waals surface area contributed by atoms with E-state index in [9.17, 15) is 4.79 Å². The molecule has 0 aromatic carbocycles. The molecule has 114 valence electrons. The fourth-order valence-corrected chi connectivity index (χ4v) is 2.40. The molecule has 5 nitrogen and oxygen atoms in total.